The van der Waals surface area contributed by atoms with Gasteiger partial charge in [-0.25, -0.2) is 9.71 Å². The lowest BCUT2D eigenvalue weighted by Crippen LogP contribution is -2.40. The van der Waals surface area contributed by atoms with E-state index in [0.717, 1.165) is 50.5 Å². The van der Waals surface area contributed by atoms with Crippen LogP contribution in [0, 0.1) is 6.92 Å². The van der Waals surface area contributed by atoms with Crippen molar-refractivity contribution in [3.8, 4) is 5.75 Å². The molecule has 2 amide bonds. The van der Waals surface area contributed by atoms with Gasteiger partial charge in [-0.05, 0) is 62.4 Å². The van der Waals surface area contributed by atoms with Gasteiger partial charge in [0.2, 0.25) is 5.91 Å². The Morgan fingerprint density at radius 3 is 2.38 bits per heavy atom. The number of amides is 2. The lowest BCUT2D eigenvalue weighted by molar-refractivity contribution is -0.134. The smallest absolute Gasteiger partial charge is 0.303 e. The third-order valence-corrected chi connectivity index (χ3v) is 10.3. The van der Waals surface area contributed by atoms with E-state index in [1.165, 1.54) is 36.8 Å². The number of halogens is 1. The topological polar surface area (TPSA) is 109 Å². The van der Waals surface area contributed by atoms with Gasteiger partial charge < -0.3 is 9.64 Å². The molecule has 39 heavy (non-hydrogen) atoms. The van der Waals surface area contributed by atoms with Gasteiger partial charge in [0.15, 0.2) is 0 Å². The summed E-state index contributed by atoms with van der Waals surface area (Å²) in [6, 6.07) is 11.5. The zero-order valence-electron chi connectivity index (χ0n) is 22.2. The van der Waals surface area contributed by atoms with Crippen LogP contribution >= 0.6 is 34.3 Å². The van der Waals surface area contributed by atoms with Crippen molar-refractivity contribution in [3.63, 3.8) is 0 Å². The number of carbonyl (C=O) groups is 2. The molecule has 1 fully saturated rings. The molecule has 0 aliphatic heterocycles. The van der Waals surface area contributed by atoms with Gasteiger partial charge >= 0.3 is 10.2 Å². The van der Waals surface area contributed by atoms with Crippen molar-refractivity contribution in [1.29, 1.82) is 0 Å². The molecule has 1 aliphatic rings. The Labute approximate surface area is 241 Å². The van der Waals surface area contributed by atoms with E-state index in [1.807, 2.05) is 46.0 Å². The number of benzene rings is 1. The molecule has 9 nitrogen and oxygen atoms in total. The quantitative estimate of drug-likeness (QED) is 0.326. The van der Waals surface area contributed by atoms with Gasteiger partial charge in [-0.3, -0.25) is 9.59 Å². The fourth-order valence-corrected chi connectivity index (χ4v) is 6.88. The predicted octanol–water partition coefficient (Wildman–Crippen LogP) is 4.40. The number of ether oxygens (including phenoxy) is 1. The maximum absolute atomic E-state index is 14.0. The van der Waals surface area contributed by atoms with Crippen LogP contribution in [0.2, 0.25) is 4.34 Å². The summed E-state index contributed by atoms with van der Waals surface area (Å²) in [5.74, 6) is -0.0484. The van der Waals surface area contributed by atoms with Gasteiger partial charge in [0, 0.05) is 30.4 Å². The molecule has 1 N–H and O–H groups in total. The maximum Gasteiger partial charge on any atom is 0.303 e. The SMILES string of the molecule is COc1ccc(C2(C(=O)N(CCCc3ccc(Cl)s3)Cc3nc(C(=O)NS(=O)(=O)N(C)C)c(C)s3)CC2)cc1. The number of rotatable bonds is 12. The predicted molar refractivity (Wildman–Crippen MR) is 154 cm³/mol. The van der Waals surface area contributed by atoms with Gasteiger partial charge in [-0.15, -0.1) is 22.7 Å². The molecule has 0 unspecified atom stereocenters. The van der Waals surface area contributed by atoms with Crippen LogP contribution in [-0.4, -0.2) is 62.2 Å². The molecular formula is C26H31ClN4O5S3. The average molecular weight is 611 g/mol. The molecular weight excluding hydrogens is 580 g/mol. The standard InChI is InChI=1S/C26H31ClN4O5S3/c1-17-23(24(32)29-39(34,35)30(2)3)28-22(37-17)16-31(15-5-6-20-11-12-21(27)38-20)25(33)26(13-14-26)18-7-9-19(36-4)10-8-18/h7-12H,5-6,13-16H2,1-4H3,(H,29,32). The van der Waals surface area contributed by atoms with E-state index in [9.17, 15) is 18.0 Å². The molecule has 4 rings (SSSR count). The largest absolute Gasteiger partial charge is 0.497 e. The summed E-state index contributed by atoms with van der Waals surface area (Å²) in [6.07, 6.45) is 3.02. The molecule has 13 heteroatoms. The van der Waals surface area contributed by atoms with Crippen LogP contribution in [0.4, 0.5) is 0 Å². The van der Waals surface area contributed by atoms with Gasteiger partial charge in [0.25, 0.3) is 5.91 Å². The molecule has 0 atom stereocenters. The minimum absolute atomic E-state index is 0.0194. The molecule has 0 bridgehead atoms. The Morgan fingerprint density at radius 2 is 1.82 bits per heavy atom. The Bertz CT molecular complexity index is 1450. The number of thiophene rings is 1. The third kappa shape index (κ3) is 6.80. The summed E-state index contributed by atoms with van der Waals surface area (Å²) < 4.78 is 33.2. The van der Waals surface area contributed by atoms with Crippen LogP contribution in [0.5, 0.6) is 5.75 Å². The first kappa shape index (κ1) is 29.5. The van der Waals surface area contributed by atoms with Crippen molar-refractivity contribution in [2.75, 3.05) is 27.7 Å². The summed E-state index contributed by atoms with van der Waals surface area (Å²) in [7, 11) is 0.316. The van der Waals surface area contributed by atoms with E-state index in [0.29, 0.717) is 16.4 Å². The molecule has 0 saturated heterocycles. The Morgan fingerprint density at radius 1 is 1.13 bits per heavy atom. The van der Waals surface area contributed by atoms with Crippen LogP contribution in [0.15, 0.2) is 36.4 Å². The highest BCUT2D eigenvalue weighted by atomic mass is 35.5. The van der Waals surface area contributed by atoms with Gasteiger partial charge in [-0.1, -0.05) is 23.7 Å². The van der Waals surface area contributed by atoms with E-state index >= 15 is 0 Å². The van der Waals surface area contributed by atoms with Crippen molar-refractivity contribution < 1.29 is 22.7 Å². The zero-order valence-corrected chi connectivity index (χ0v) is 25.4. The number of aryl methyl sites for hydroxylation is 2. The number of nitrogens with zero attached hydrogens (tertiary/aromatic N) is 3. The zero-order chi connectivity index (χ0) is 28.4. The van der Waals surface area contributed by atoms with Crippen molar-refractivity contribution in [1.82, 2.24) is 18.9 Å². The Balaban J connectivity index is 1.55. The van der Waals surface area contributed by atoms with Crippen LogP contribution in [-0.2, 0) is 33.4 Å². The molecule has 1 aromatic carbocycles. The van der Waals surface area contributed by atoms with Crippen molar-refractivity contribution >= 4 is 56.3 Å². The molecule has 0 spiro atoms. The van der Waals surface area contributed by atoms with E-state index < -0.39 is 21.5 Å². The highest BCUT2D eigenvalue weighted by Crippen LogP contribution is 2.50. The minimum Gasteiger partial charge on any atom is -0.497 e. The number of methoxy groups -OCH3 is 1. The van der Waals surface area contributed by atoms with E-state index in [1.54, 1.807) is 14.0 Å². The Kier molecular flexibility index (Phi) is 9.01. The number of carbonyl (C=O) groups excluding carboxylic acids is 2. The van der Waals surface area contributed by atoms with Crippen LogP contribution in [0.3, 0.4) is 0 Å². The highest BCUT2D eigenvalue weighted by molar-refractivity contribution is 7.87. The summed E-state index contributed by atoms with van der Waals surface area (Å²) in [5.41, 5.74) is 0.398. The van der Waals surface area contributed by atoms with E-state index in [-0.39, 0.29) is 18.1 Å². The van der Waals surface area contributed by atoms with Gasteiger partial charge in [0.05, 0.1) is 23.4 Å². The van der Waals surface area contributed by atoms with Crippen molar-refractivity contribution in [3.05, 3.63) is 66.8 Å². The first-order valence-electron chi connectivity index (χ1n) is 12.3. The van der Waals surface area contributed by atoms with E-state index in [2.05, 4.69) is 4.98 Å². The van der Waals surface area contributed by atoms with E-state index in [4.69, 9.17) is 16.3 Å². The van der Waals surface area contributed by atoms with Crippen LogP contribution in [0.1, 0.15) is 50.1 Å². The lowest BCUT2D eigenvalue weighted by Gasteiger charge is -2.27. The number of nitrogens with one attached hydrogen (secondary N) is 1. The normalized spacial score (nSPS) is 14.3. The first-order chi connectivity index (χ1) is 18.4. The summed E-state index contributed by atoms with van der Waals surface area (Å²) in [4.78, 5) is 34.7. The second-order valence-corrected chi connectivity index (χ2v) is 14.5. The molecule has 0 radical (unpaired) electrons. The number of hydrogen-bond donors (Lipinski definition) is 1. The second kappa shape index (κ2) is 11.9. The number of aromatic nitrogens is 1. The summed E-state index contributed by atoms with van der Waals surface area (Å²) >= 11 is 8.89. The molecule has 2 aromatic heterocycles. The van der Waals surface area contributed by atoms with Crippen molar-refractivity contribution in [2.45, 2.75) is 44.6 Å². The molecule has 1 aliphatic carbocycles. The summed E-state index contributed by atoms with van der Waals surface area (Å²) in [5, 5.41) is 0.568. The molecule has 3 aromatic rings. The summed E-state index contributed by atoms with van der Waals surface area (Å²) in [6.45, 7) is 2.44. The third-order valence-electron chi connectivity index (χ3n) is 6.65. The van der Waals surface area contributed by atoms with Crippen LogP contribution in [0.25, 0.3) is 0 Å². The number of thiazole rings is 1. The van der Waals surface area contributed by atoms with Crippen molar-refractivity contribution in [2.24, 2.45) is 0 Å². The van der Waals surface area contributed by atoms with Gasteiger partial charge in [0.1, 0.15) is 16.5 Å². The Hall–Kier alpha value is -2.51. The molecule has 2 heterocycles. The molecule has 1 saturated carbocycles. The lowest BCUT2D eigenvalue weighted by atomic mass is 9.94. The van der Waals surface area contributed by atoms with Gasteiger partial charge in [-0.2, -0.15) is 12.7 Å². The fourth-order valence-electron chi connectivity index (χ4n) is 4.30. The monoisotopic (exact) mass is 610 g/mol. The second-order valence-electron chi connectivity index (χ2n) is 9.58. The average Bonchev–Trinajstić information content (AvgIpc) is 3.47. The first-order valence-corrected chi connectivity index (χ1v) is 15.8. The van der Waals surface area contributed by atoms with Crippen LogP contribution < -0.4 is 9.46 Å². The highest BCUT2D eigenvalue weighted by Gasteiger charge is 2.53. The minimum atomic E-state index is -3.96. The fraction of sp³-hybridized carbons (Fsp3) is 0.423. The molecule has 210 valence electrons. The number of hydrogen-bond acceptors (Lipinski definition) is 8. The maximum atomic E-state index is 14.0.